The van der Waals surface area contributed by atoms with Gasteiger partial charge in [0.05, 0.1) is 41.3 Å². The Hall–Kier alpha value is -4.96. The third kappa shape index (κ3) is 5.55. The molecule has 1 fully saturated rings. The number of aromatic nitrogens is 2. The van der Waals surface area contributed by atoms with Gasteiger partial charge in [0.1, 0.15) is 12.1 Å². The molecule has 10 heteroatoms. The highest BCUT2D eigenvalue weighted by Gasteiger charge is 2.31. The third-order valence-corrected chi connectivity index (χ3v) is 7.45. The minimum Gasteiger partial charge on any atom is -0.378 e. The molecule has 3 aromatic carbocycles. The topological polar surface area (TPSA) is 121 Å². The summed E-state index contributed by atoms with van der Waals surface area (Å²) in [6.07, 6.45) is 3.12. The summed E-state index contributed by atoms with van der Waals surface area (Å²) in [5, 5.41) is 12.6. The summed E-state index contributed by atoms with van der Waals surface area (Å²) in [5.74, 6) is 0.268. The van der Waals surface area contributed by atoms with Gasteiger partial charge >= 0.3 is 0 Å². The summed E-state index contributed by atoms with van der Waals surface area (Å²) in [6.45, 7) is 6.90. The van der Waals surface area contributed by atoms with Crippen LogP contribution in [0.3, 0.4) is 0 Å². The maximum atomic E-state index is 13.4. The van der Waals surface area contributed by atoms with Gasteiger partial charge in [0.25, 0.3) is 5.91 Å². The fraction of sp³-hybridized carbons (Fsp3) is 0.226. The molecule has 0 aliphatic carbocycles. The Bertz CT molecular complexity index is 1580. The van der Waals surface area contributed by atoms with Crippen LogP contribution < -0.4 is 26.2 Å². The Balaban J connectivity index is 1.18. The van der Waals surface area contributed by atoms with Crippen molar-refractivity contribution in [2.75, 3.05) is 52.5 Å². The van der Waals surface area contributed by atoms with E-state index < -0.39 is 5.41 Å². The van der Waals surface area contributed by atoms with Gasteiger partial charge in [0, 0.05) is 36.3 Å². The second kappa shape index (κ2) is 10.9. The minimum atomic E-state index is -0.865. The molecule has 0 radical (unpaired) electrons. The van der Waals surface area contributed by atoms with Crippen molar-refractivity contribution in [1.29, 1.82) is 0 Å². The molecule has 2 aliphatic heterocycles. The number of benzene rings is 3. The van der Waals surface area contributed by atoms with Crippen molar-refractivity contribution in [3.05, 3.63) is 90.4 Å². The Morgan fingerprint density at radius 1 is 0.902 bits per heavy atom. The smallest absolute Gasteiger partial charge is 0.257 e. The first-order valence-corrected chi connectivity index (χ1v) is 13.5. The fourth-order valence-electron chi connectivity index (χ4n) is 4.91. The van der Waals surface area contributed by atoms with E-state index in [0.29, 0.717) is 22.8 Å². The summed E-state index contributed by atoms with van der Waals surface area (Å²) < 4.78 is 5.43. The monoisotopic (exact) mass is 549 g/mol. The number of nitrogens with one attached hydrogen (secondary N) is 4. The van der Waals surface area contributed by atoms with Crippen LogP contribution in [0.5, 0.6) is 0 Å². The highest BCUT2D eigenvalue weighted by atomic mass is 16.5. The van der Waals surface area contributed by atoms with E-state index in [2.05, 4.69) is 36.1 Å². The number of hydrogen-bond acceptors (Lipinski definition) is 8. The maximum Gasteiger partial charge on any atom is 0.257 e. The van der Waals surface area contributed by atoms with Crippen molar-refractivity contribution >= 4 is 51.8 Å². The Labute approximate surface area is 238 Å². The molecular formula is C31H31N7O3. The quantitative estimate of drug-likeness (QED) is 0.256. The predicted octanol–water partition coefficient (Wildman–Crippen LogP) is 5.28. The number of morpholine rings is 1. The predicted molar refractivity (Wildman–Crippen MR) is 161 cm³/mol. The minimum absolute atomic E-state index is 0.145. The van der Waals surface area contributed by atoms with Crippen LogP contribution in [-0.2, 0) is 14.9 Å². The van der Waals surface area contributed by atoms with Gasteiger partial charge in [0.2, 0.25) is 5.91 Å². The highest BCUT2D eigenvalue weighted by molar-refractivity contribution is 6.12. The molecule has 0 bridgehead atoms. The molecule has 2 amide bonds. The van der Waals surface area contributed by atoms with Crippen LogP contribution in [0.25, 0.3) is 0 Å². The number of ether oxygens (including phenoxy) is 1. The molecule has 2 aliphatic rings. The van der Waals surface area contributed by atoms with E-state index in [-0.39, 0.29) is 11.8 Å². The fourth-order valence-corrected chi connectivity index (χ4v) is 4.91. The molecule has 6 rings (SSSR count). The summed E-state index contributed by atoms with van der Waals surface area (Å²) in [4.78, 5) is 37.0. The van der Waals surface area contributed by atoms with Crippen molar-refractivity contribution in [1.82, 2.24) is 9.97 Å². The molecule has 4 aromatic rings. The van der Waals surface area contributed by atoms with E-state index in [4.69, 9.17) is 4.74 Å². The summed E-state index contributed by atoms with van der Waals surface area (Å²) >= 11 is 0. The van der Waals surface area contributed by atoms with Crippen LogP contribution in [0, 0.1) is 0 Å². The summed E-state index contributed by atoms with van der Waals surface area (Å²) in [5.41, 5.74) is 5.02. The van der Waals surface area contributed by atoms with Crippen molar-refractivity contribution in [3.8, 4) is 0 Å². The van der Waals surface area contributed by atoms with E-state index in [9.17, 15) is 9.59 Å². The van der Waals surface area contributed by atoms with Gasteiger partial charge < -0.3 is 30.9 Å². The lowest BCUT2D eigenvalue weighted by molar-refractivity contribution is -0.120. The summed E-state index contributed by atoms with van der Waals surface area (Å²) in [7, 11) is 0. The first kappa shape index (κ1) is 26.3. The van der Waals surface area contributed by atoms with Gasteiger partial charge in [-0.2, -0.15) is 0 Å². The van der Waals surface area contributed by atoms with Crippen molar-refractivity contribution in [2.24, 2.45) is 0 Å². The second-order valence-electron chi connectivity index (χ2n) is 10.5. The van der Waals surface area contributed by atoms with Gasteiger partial charge in [0.15, 0.2) is 0 Å². The van der Waals surface area contributed by atoms with Gasteiger partial charge in [-0.25, -0.2) is 9.97 Å². The average Bonchev–Trinajstić information content (AvgIpc) is 3.13. The van der Waals surface area contributed by atoms with E-state index in [1.54, 1.807) is 18.3 Å². The normalized spacial score (nSPS) is 14.6. The number of rotatable bonds is 6. The van der Waals surface area contributed by atoms with E-state index in [1.807, 2.05) is 68.4 Å². The third-order valence-electron chi connectivity index (χ3n) is 7.45. The Morgan fingerprint density at radius 2 is 1.68 bits per heavy atom. The van der Waals surface area contributed by atoms with Crippen LogP contribution in [0.4, 0.5) is 39.9 Å². The number of carbonyl (C=O) groups excluding carboxylic acids is 2. The van der Waals surface area contributed by atoms with Crippen molar-refractivity contribution in [3.63, 3.8) is 0 Å². The molecule has 0 atom stereocenters. The number of nitrogens with zero attached hydrogens (tertiary/aromatic N) is 3. The lowest BCUT2D eigenvalue weighted by atomic mass is 9.83. The number of hydrogen-bond donors (Lipinski definition) is 4. The number of amides is 2. The molecule has 1 aromatic heterocycles. The number of carbonyl (C=O) groups is 2. The zero-order valence-electron chi connectivity index (χ0n) is 22.9. The first-order chi connectivity index (χ1) is 19.9. The highest BCUT2D eigenvalue weighted by Crippen LogP contribution is 2.37. The van der Waals surface area contributed by atoms with Crippen LogP contribution in [0.1, 0.15) is 29.8 Å². The maximum absolute atomic E-state index is 13.4. The molecule has 1 saturated heterocycles. The van der Waals surface area contributed by atoms with Gasteiger partial charge in [-0.3, -0.25) is 9.59 Å². The SMILES string of the molecule is CC(C)(C(=O)Nc1ccc(N2CCOCC2)cc1)c1ccc2c(c1)NC(=O)c1ccc(Nc3ccncn3)cc1N2. The van der Waals surface area contributed by atoms with Crippen LogP contribution >= 0.6 is 0 Å². The van der Waals surface area contributed by atoms with Crippen molar-refractivity contribution < 1.29 is 14.3 Å². The lowest BCUT2D eigenvalue weighted by Gasteiger charge is -2.29. The Morgan fingerprint density at radius 3 is 2.44 bits per heavy atom. The number of fused-ring (bicyclic) bond motifs is 2. The zero-order valence-corrected chi connectivity index (χ0v) is 22.9. The van der Waals surface area contributed by atoms with Crippen LogP contribution in [-0.4, -0.2) is 48.1 Å². The van der Waals surface area contributed by atoms with Crippen LogP contribution in [0.2, 0.25) is 0 Å². The molecule has 10 nitrogen and oxygen atoms in total. The standard InChI is InChI=1S/C31H31N7O3/c1-31(2,30(40)35-21-4-7-23(8-5-21)38-13-15-41-16-14-38)20-3-10-25-27(17-20)37-29(39)24-9-6-22(18-26(24)36-25)34-28-11-12-32-19-33-28/h3-12,17-19,36H,13-16H2,1-2H3,(H,35,40)(H,37,39)(H,32,33,34). The second-order valence-corrected chi connectivity index (χ2v) is 10.5. The largest absolute Gasteiger partial charge is 0.378 e. The Kier molecular flexibility index (Phi) is 6.98. The first-order valence-electron chi connectivity index (χ1n) is 13.5. The van der Waals surface area contributed by atoms with Crippen LogP contribution in [0.15, 0.2) is 79.3 Å². The lowest BCUT2D eigenvalue weighted by Crippen LogP contribution is -2.36. The molecule has 0 spiro atoms. The van der Waals surface area contributed by atoms with E-state index in [0.717, 1.165) is 54.6 Å². The average molecular weight is 550 g/mol. The molecular weight excluding hydrogens is 518 g/mol. The molecule has 0 saturated carbocycles. The van der Waals surface area contributed by atoms with Crippen molar-refractivity contribution in [2.45, 2.75) is 19.3 Å². The molecule has 0 unspecified atom stereocenters. The molecule has 41 heavy (non-hydrogen) atoms. The molecule has 3 heterocycles. The van der Waals surface area contributed by atoms with E-state index in [1.165, 1.54) is 6.33 Å². The molecule has 4 N–H and O–H groups in total. The number of anilines is 7. The molecule has 208 valence electrons. The summed E-state index contributed by atoms with van der Waals surface area (Å²) in [6, 6.07) is 20.7. The zero-order chi connectivity index (χ0) is 28.4. The van der Waals surface area contributed by atoms with Gasteiger partial charge in [-0.15, -0.1) is 0 Å². The van der Waals surface area contributed by atoms with Gasteiger partial charge in [-0.05, 0) is 80.1 Å². The van der Waals surface area contributed by atoms with E-state index >= 15 is 0 Å². The van der Waals surface area contributed by atoms with Gasteiger partial charge in [-0.1, -0.05) is 6.07 Å².